The van der Waals surface area contributed by atoms with Crippen LogP contribution in [-0.4, -0.2) is 110 Å². The second-order valence-corrected chi connectivity index (χ2v) is 11.5. The third kappa shape index (κ3) is 6.07. The number of carbonyl (C=O) groups is 2. The van der Waals surface area contributed by atoms with E-state index in [1.54, 1.807) is 0 Å². The molecule has 0 bridgehead atoms. The van der Waals surface area contributed by atoms with Crippen molar-refractivity contribution in [1.29, 1.82) is 0 Å². The fourth-order valence-electron chi connectivity index (χ4n) is 5.26. The van der Waals surface area contributed by atoms with Crippen LogP contribution in [0.4, 0.5) is 8.78 Å². The molecular formula is C26H28Cl2F2N8O8. The van der Waals surface area contributed by atoms with Gasteiger partial charge in [-0.15, -0.1) is 0 Å². The van der Waals surface area contributed by atoms with Crippen molar-refractivity contribution in [2.24, 2.45) is 0 Å². The lowest BCUT2D eigenvalue weighted by Crippen LogP contribution is -2.44. The molecule has 6 heterocycles. The van der Waals surface area contributed by atoms with Crippen molar-refractivity contribution < 1.29 is 47.5 Å². The first-order valence-corrected chi connectivity index (χ1v) is 14.4. The van der Waals surface area contributed by atoms with Gasteiger partial charge in [0.25, 0.3) is 0 Å². The summed E-state index contributed by atoms with van der Waals surface area (Å²) in [6.45, 7) is 4.04. The molecule has 4 aromatic heterocycles. The number of halogens is 4. The highest BCUT2D eigenvalue weighted by Crippen LogP contribution is 2.45. The molecule has 248 valence electrons. The first-order chi connectivity index (χ1) is 21.7. The normalized spacial score (nSPS) is 30.7. The summed E-state index contributed by atoms with van der Waals surface area (Å²) < 4.78 is 54.1. The summed E-state index contributed by atoms with van der Waals surface area (Å²) in [5.41, 5.74) is -3.10. The molecule has 2 fully saturated rings. The van der Waals surface area contributed by atoms with E-state index in [9.17, 15) is 19.1 Å². The second-order valence-electron chi connectivity index (χ2n) is 10.8. The number of aliphatic hydroxyl groups excluding tert-OH is 2. The summed E-state index contributed by atoms with van der Waals surface area (Å²) in [6, 6.07) is 0. The number of hydrogen-bond acceptors (Lipinski definition) is 14. The number of carbonyl (C=O) groups excluding carboxylic acids is 2. The van der Waals surface area contributed by atoms with E-state index in [-0.39, 0.29) is 28.1 Å². The van der Waals surface area contributed by atoms with E-state index in [0.717, 1.165) is 6.92 Å². The van der Waals surface area contributed by atoms with Gasteiger partial charge in [0.1, 0.15) is 48.6 Å². The lowest BCUT2D eigenvalue weighted by molar-refractivity contribution is -0.158. The number of alkyl halides is 2. The lowest BCUT2D eigenvalue weighted by Gasteiger charge is -2.27. The van der Waals surface area contributed by atoms with Gasteiger partial charge in [0, 0.05) is 13.8 Å². The molecule has 6 rings (SSSR count). The fraction of sp³-hybridized carbons (Fsp3) is 0.538. The van der Waals surface area contributed by atoms with Gasteiger partial charge in [-0.25, -0.2) is 38.7 Å². The summed E-state index contributed by atoms with van der Waals surface area (Å²) in [7, 11) is 0. The standard InChI is InChI=1S/C15H16ClFN4O5.C11H12ClFN4O3/c1-7(22)24-4-9-11(25-8(2)23)15(3,17)14(26-9)21-6-20-10-12(16)18-5-19-13(10)21;1-11(13)7(19)5(2-18)20-10(11)17-4-16-6-8(12)14-3-15-9(6)17/h5-6,9,11,14H,4H2,1-3H3;3-5,7,10,18-19H,2H2,1H3/t9-,11?,14-,15-;5-,7?,10-,11-/m11/s1. The summed E-state index contributed by atoms with van der Waals surface area (Å²) in [6.07, 6.45) is -2.07. The van der Waals surface area contributed by atoms with Crippen LogP contribution in [0.15, 0.2) is 25.3 Å². The Morgan fingerprint density at radius 3 is 1.83 bits per heavy atom. The molecule has 2 aliphatic rings. The van der Waals surface area contributed by atoms with Crippen LogP contribution in [0.3, 0.4) is 0 Å². The molecule has 4 aromatic rings. The van der Waals surface area contributed by atoms with Gasteiger partial charge in [-0.1, -0.05) is 23.2 Å². The molecule has 2 unspecified atom stereocenters. The number of fused-ring (bicyclic) bond motifs is 2. The molecule has 0 saturated carbocycles. The van der Waals surface area contributed by atoms with Gasteiger partial charge in [-0.2, -0.15) is 0 Å². The predicted molar refractivity (Wildman–Crippen MR) is 153 cm³/mol. The number of aromatic nitrogens is 8. The molecule has 0 aromatic carbocycles. The Labute approximate surface area is 268 Å². The highest BCUT2D eigenvalue weighted by Gasteiger charge is 2.58. The molecule has 20 heteroatoms. The monoisotopic (exact) mass is 688 g/mol. The SMILES string of the molecule is CC(=O)OC[C@H]1O[C@@H](n2cnc3c(Cl)ncnc32)[C@](C)(F)C1OC(C)=O.C[C@@]1(F)C(O)[C@@H](CO)O[C@H]1n1cnc2c(Cl)ncnc21. The zero-order chi connectivity index (χ0) is 33.6. The summed E-state index contributed by atoms with van der Waals surface area (Å²) in [5.74, 6) is -1.25. The highest BCUT2D eigenvalue weighted by atomic mass is 35.5. The topological polar surface area (TPSA) is 199 Å². The number of ether oxygens (including phenoxy) is 4. The van der Waals surface area contributed by atoms with Crippen molar-refractivity contribution in [2.75, 3.05) is 13.2 Å². The number of imidazole rings is 2. The van der Waals surface area contributed by atoms with Crippen LogP contribution in [-0.2, 0) is 28.5 Å². The predicted octanol–water partition coefficient (Wildman–Crippen LogP) is 2.06. The molecule has 2 aliphatic heterocycles. The molecule has 8 atom stereocenters. The quantitative estimate of drug-likeness (QED) is 0.220. The molecule has 16 nitrogen and oxygen atoms in total. The average Bonchev–Trinajstić information content (AvgIpc) is 3.72. The molecule has 0 spiro atoms. The molecular weight excluding hydrogens is 661 g/mol. The van der Waals surface area contributed by atoms with E-state index in [0.29, 0.717) is 11.2 Å². The average molecular weight is 689 g/mol. The number of nitrogens with zero attached hydrogens (tertiary/aromatic N) is 8. The number of rotatable bonds is 6. The van der Waals surface area contributed by atoms with E-state index in [4.69, 9.17) is 47.3 Å². The van der Waals surface area contributed by atoms with Crippen LogP contribution in [0.25, 0.3) is 22.3 Å². The van der Waals surface area contributed by atoms with Gasteiger partial charge in [0.05, 0.1) is 19.3 Å². The number of hydrogen-bond donors (Lipinski definition) is 2. The molecule has 0 radical (unpaired) electrons. The smallest absolute Gasteiger partial charge is 0.303 e. The fourth-order valence-corrected chi connectivity index (χ4v) is 5.61. The van der Waals surface area contributed by atoms with Crippen molar-refractivity contribution in [1.82, 2.24) is 39.0 Å². The maximum absolute atomic E-state index is 15.6. The van der Waals surface area contributed by atoms with E-state index in [1.807, 2.05) is 0 Å². The molecule has 2 saturated heterocycles. The Morgan fingerprint density at radius 2 is 1.37 bits per heavy atom. The van der Waals surface area contributed by atoms with E-state index in [1.165, 1.54) is 55.2 Å². The first-order valence-electron chi connectivity index (χ1n) is 13.6. The van der Waals surface area contributed by atoms with E-state index in [2.05, 4.69) is 29.9 Å². The Morgan fingerprint density at radius 1 is 0.870 bits per heavy atom. The van der Waals surface area contributed by atoms with Crippen LogP contribution >= 0.6 is 23.2 Å². The van der Waals surface area contributed by atoms with Gasteiger partial charge < -0.3 is 29.2 Å². The van der Waals surface area contributed by atoms with Crippen molar-refractivity contribution in [2.45, 2.75) is 75.9 Å². The van der Waals surface area contributed by atoms with Gasteiger partial charge in [-0.05, 0) is 13.8 Å². The number of aliphatic hydroxyl groups is 2. The minimum Gasteiger partial charge on any atom is -0.463 e. The molecule has 0 amide bonds. The molecule has 2 N–H and O–H groups in total. The minimum atomic E-state index is -2.15. The minimum absolute atomic E-state index is 0.111. The maximum atomic E-state index is 15.6. The Kier molecular flexibility index (Phi) is 9.40. The largest absolute Gasteiger partial charge is 0.463 e. The highest BCUT2D eigenvalue weighted by molar-refractivity contribution is 6.33. The van der Waals surface area contributed by atoms with E-state index >= 15 is 4.39 Å². The van der Waals surface area contributed by atoms with Gasteiger partial charge in [-0.3, -0.25) is 18.7 Å². The first kappa shape index (κ1) is 33.7. The van der Waals surface area contributed by atoms with Crippen molar-refractivity contribution in [3.05, 3.63) is 35.6 Å². The number of esters is 2. The third-order valence-electron chi connectivity index (χ3n) is 7.45. The third-order valence-corrected chi connectivity index (χ3v) is 8.01. The van der Waals surface area contributed by atoms with Crippen LogP contribution < -0.4 is 0 Å². The van der Waals surface area contributed by atoms with Gasteiger partial charge in [0.2, 0.25) is 0 Å². The molecule has 0 aliphatic carbocycles. The summed E-state index contributed by atoms with van der Waals surface area (Å²) >= 11 is 11.9. The van der Waals surface area contributed by atoms with Crippen molar-refractivity contribution in [3.63, 3.8) is 0 Å². The van der Waals surface area contributed by atoms with Crippen LogP contribution in [0.5, 0.6) is 0 Å². The lowest BCUT2D eigenvalue weighted by atomic mass is 9.98. The Hall–Kier alpha value is -3.68. The second kappa shape index (κ2) is 12.8. The zero-order valence-corrected chi connectivity index (χ0v) is 26.1. The molecule has 46 heavy (non-hydrogen) atoms. The van der Waals surface area contributed by atoms with Gasteiger partial charge >= 0.3 is 11.9 Å². The van der Waals surface area contributed by atoms with Crippen LogP contribution in [0.2, 0.25) is 10.3 Å². The van der Waals surface area contributed by atoms with Crippen molar-refractivity contribution >= 4 is 57.5 Å². The van der Waals surface area contributed by atoms with E-state index < -0.39 is 66.8 Å². The van der Waals surface area contributed by atoms with Crippen LogP contribution in [0.1, 0.15) is 40.2 Å². The summed E-state index contributed by atoms with van der Waals surface area (Å²) in [5, 5.41) is 19.2. The zero-order valence-electron chi connectivity index (χ0n) is 24.6. The van der Waals surface area contributed by atoms with Crippen LogP contribution in [0, 0.1) is 0 Å². The Bertz CT molecular complexity index is 1760. The van der Waals surface area contributed by atoms with Crippen molar-refractivity contribution in [3.8, 4) is 0 Å². The summed E-state index contributed by atoms with van der Waals surface area (Å²) in [4.78, 5) is 46.3. The Balaban J connectivity index is 0.000000187. The maximum Gasteiger partial charge on any atom is 0.303 e. The van der Waals surface area contributed by atoms with Gasteiger partial charge in [0.15, 0.2) is 51.5 Å².